The molecule has 0 bridgehead atoms. The molecule has 0 atom stereocenters. The van der Waals surface area contributed by atoms with E-state index in [0.717, 1.165) is 37.3 Å². The highest BCUT2D eigenvalue weighted by molar-refractivity contribution is 5.85. The molecule has 1 aromatic carbocycles. The Hall–Kier alpha value is -2.14. The Balaban J connectivity index is 1.56. The summed E-state index contributed by atoms with van der Waals surface area (Å²) in [7, 11) is 3.94. The van der Waals surface area contributed by atoms with E-state index >= 15 is 0 Å². The van der Waals surface area contributed by atoms with Crippen LogP contribution in [-0.2, 0) is 11.3 Å². The molecule has 1 fully saturated rings. The van der Waals surface area contributed by atoms with Crippen LogP contribution in [0.25, 0.3) is 10.8 Å². The van der Waals surface area contributed by atoms with Crippen molar-refractivity contribution in [1.29, 1.82) is 0 Å². The van der Waals surface area contributed by atoms with Gasteiger partial charge >= 0.3 is 0 Å². The fourth-order valence-corrected chi connectivity index (χ4v) is 3.39. The first-order chi connectivity index (χ1) is 12.3. The summed E-state index contributed by atoms with van der Waals surface area (Å²) >= 11 is 0. The van der Waals surface area contributed by atoms with Crippen LogP contribution in [-0.4, -0.2) is 49.7 Å². The average Bonchev–Trinajstić information content (AvgIpc) is 2.67. The van der Waals surface area contributed by atoms with E-state index in [2.05, 4.69) is 51.5 Å². The number of benzene rings is 1. The molecule has 1 aliphatic heterocycles. The second-order valence-electron chi connectivity index (χ2n) is 6.65. The first-order valence-corrected chi connectivity index (χ1v) is 9.10. The van der Waals surface area contributed by atoms with Crippen molar-refractivity contribution in [2.24, 2.45) is 10.9 Å². The Labute approximate surface area is 150 Å². The summed E-state index contributed by atoms with van der Waals surface area (Å²) in [5.74, 6) is 1.69. The highest BCUT2D eigenvalue weighted by atomic mass is 16.5. The first kappa shape index (κ1) is 17.7. The molecule has 0 amide bonds. The number of hydrogen-bond acceptors (Lipinski definition) is 3. The van der Waals surface area contributed by atoms with Crippen molar-refractivity contribution in [3.8, 4) is 0 Å². The zero-order chi connectivity index (χ0) is 17.5. The topological polar surface area (TPSA) is 49.8 Å². The van der Waals surface area contributed by atoms with Crippen LogP contribution >= 0.6 is 0 Å². The van der Waals surface area contributed by atoms with E-state index in [1.165, 1.54) is 30.0 Å². The maximum Gasteiger partial charge on any atom is 0.193 e. The molecule has 1 aliphatic rings. The molecule has 5 heteroatoms. The second-order valence-corrected chi connectivity index (χ2v) is 6.65. The first-order valence-electron chi connectivity index (χ1n) is 9.10. The van der Waals surface area contributed by atoms with Crippen molar-refractivity contribution in [2.45, 2.75) is 25.8 Å². The van der Waals surface area contributed by atoms with Gasteiger partial charge in [-0.3, -0.25) is 9.98 Å². The van der Waals surface area contributed by atoms with E-state index in [4.69, 9.17) is 4.74 Å². The van der Waals surface area contributed by atoms with Gasteiger partial charge in [0.15, 0.2) is 5.96 Å². The molecule has 2 aromatic rings. The predicted molar refractivity (Wildman–Crippen MR) is 103 cm³/mol. The van der Waals surface area contributed by atoms with Crippen molar-refractivity contribution in [3.63, 3.8) is 0 Å². The summed E-state index contributed by atoms with van der Waals surface area (Å²) in [5.41, 5.74) is 1.05. The summed E-state index contributed by atoms with van der Waals surface area (Å²) in [6.45, 7) is 3.51. The second kappa shape index (κ2) is 8.81. The maximum absolute atomic E-state index is 5.44. The number of nitrogens with zero attached hydrogens (tertiary/aromatic N) is 3. The molecule has 25 heavy (non-hydrogen) atoms. The van der Waals surface area contributed by atoms with E-state index in [-0.39, 0.29) is 0 Å². The van der Waals surface area contributed by atoms with Gasteiger partial charge in [0.05, 0.1) is 12.2 Å². The lowest BCUT2D eigenvalue weighted by Crippen LogP contribution is -2.39. The number of hydrogen-bond donors (Lipinski definition) is 1. The van der Waals surface area contributed by atoms with Crippen molar-refractivity contribution < 1.29 is 4.74 Å². The summed E-state index contributed by atoms with van der Waals surface area (Å²) < 4.78 is 5.44. The van der Waals surface area contributed by atoms with Gasteiger partial charge in [-0.2, -0.15) is 0 Å². The van der Waals surface area contributed by atoms with Gasteiger partial charge < -0.3 is 15.0 Å². The number of ether oxygens (including phenoxy) is 1. The highest BCUT2D eigenvalue weighted by Gasteiger charge is 2.15. The molecule has 1 aromatic heterocycles. The van der Waals surface area contributed by atoms with Crippen LogP contribution in [0.4, 0.5) is 0 Å². The standard InChI is InChI=1S/C20H28N4O/c1-21-20(24(2)12-8-16-9-13-25-14-10-16)23-15-19-18-6-4-3-5-17(18)7-11-22-19/h3-7,11,16H,8-10,12-15H2,1-2H3,(H,21,23). The van der Waals surface area contributed by atoms with Gasteiger partial charge in [-0.25, -0.2) is 0 Å². The Morgan fingerprint density at radius 2 is 2.08 bits per heavy atom. The van der Waals surface area contributed by atoms with Crippen LogP contribution in [0.2, 0.25) is 0 Å². The lowest BCUT2D eigenvalue weighted by molar-refractivity contribution is 0.0625. The Kier molecular flexibility index (Phi) is 6.23. The summed E-state index contributed by atoms with van der Waals surface area (Å²) in [6.07, 6.45) is 5.42. The Morgan fingerprint density at radius 1 is 1.28 bits per heavy atom. The number of aromatic nitrogens is 1. The van der Waals surface area contributed by atoms with Crippen LogP contribution in [0.1, 0.15) is 25.0 Å². The Morgan fingerprint density at radius 3 is 2.88 bits per heavy atom. The average molecular weight is 340 g/mol. The van der Waals surface area contributed by atoms with Gasteiger partial charge in [0.25, 0.3) is 0 Å². The van der Waals surface area contributed by atoms with Crippen LogP contribution in [0.15, 0.2) is 41.5 Å². The molecule has 0 aliphatic carbocycles. The molecule has 0 unspecified atom stereocenters. The van der Waals surface area contributed by atoms with E-state index < -0.39 is 0 Å². The highest BCUT2D eigenvalue weighted by Crippen LogP contribution is 2.19. The smallest absolute Gasteiger partial charge is 0.193 e. The monoisotopic (exact) mass is 340 g/mol. The minimum atomic E-state index is 0.676. The van der Waals surface area contributed by atoms with Crippen molar-refractivity contribution >= 4 is 16.7 Å². The molecular weight excluding hydrogens is 312 g/mol. The summed E-state index contributed by atoms with van der Waals surface area (Å²) in [6, 6.07) is 10.4. The molecule has 1 saturated heterocycles. The minimum Gasteiger partial charge on any atom is -0.381 e. The molecule has 134 valence electrons. The number of aliphatic imine (C=N–C) groups is 1. The van der Waals surface area contributed by atoms with Gasteiger partial charge in [0.1, 0.15) is 0 Å². The van der Waals surface area contributed by atoms with Gasteiger partial charge in [0.2, 0.25) is 0 Å². The lowest BCUT2D eigenvalue weighted by atomic mass is 9.96. The molecule has 0 radical (unpaired) electrons. The third-order valence-corrected chi connectivity index (χ3v) is 4.96. The fraction of sp³-hybridized carbons (Fsp3) is 0.500. The predicted octanol–water partition coefficient (Wildman–Crippen LogP) is 3.06. The molecular formula is C20H28N4O. The Bertz CT molecular complexity index is 704. The van der Waals surface area contributed by atoms with Gasteiger partial charge in [-0.1, -0.05) is 24.3 Å². The van der Waals surface area contributed by atoms with Crippen molar-refractivity contribution in [2.75, 3.05) is 33.9 Å². The molecule has 5 nitrogen and oxygen atoms in total. The van der Waals surface area contributed by atoms with Crippen LogP contribution in [0.3, 0.4) is 0 Å². The minimum absolute atomic E-state index is 0.676. The zero-order valence-electron chi connectivity index (χ0n) is 15.2. The van der Waals surface area contributed by atoms with Crippen molar-refractivity contribution in [1.82, 2.24) is 15.2 Å². The van der Waals surface area contributed by atoms with Crippen LogP contribution < -0.4 is 5.32 Å². The summed E-state index contributed by atoms with van der Waals surface area (Å²) in [4.78, 5) is 11.2. The molecule has 2 heterocycles. The third-order valence-electron chi connectivity index (χ3n) is 4.96. The van der Waals surface area contributed by atoms with E-state index in [9.17, 15) is 0 Å². The van der Waals surface area contributed by atoms with E-state index in [0.29, 0.717) is 6.54 Å². The van der Waals surface area contributed by atoms with Gasteiger partial charge in [-0.15, -0.1) is 0 Å². The number of fused-ring (bicyclic) bond motifs is 1. The number of guanidine groups is 1. The largest absolute Gasteiger partial charge is 0.381 e. The lowest BCUT2D eigenvalue weighted by Gasteiger charge is -2.26. The maximum atomic E-state index is 5.44. The molecule has 0 saturated carbocycles. The van der Waals surface area contributed by atoms with Gasteiger partial charge in [-0.05, 0) is 36.6 Å². The number of rotatable bonds is 5. The SMILES string of the molecule is CN=C(NCc1nccc2ccccc12)N(C)CCC1CCOCC1. The number of pyridine rings is 1. The zero-order valence-corrected chi connectivity index (χ0v) is 15.2. The van der Waals surface area contributed by atoms with Crippen LogP contribution in [0, 0.1) is 5.92 Å². The third kappa shape index (κ3) is 4.69. The van der Waals surface area contributed by atoms with E-state index in [1.807, 2.05) is 19.3 Å². The van der Waals surface area contributed by atoms with E-state index in [1.54, 1.807) is 0 Å². The molecule has 1 N–H and O–H groups in total. The normalized spacial score (nSPS) is 16.2. The molecule has 3 rings (SSSR count). The fourth-order valence-electron chi connectivity index (χ4n) is 3.39. The molecule has 0 spiro atoms. The number of nitrogens with one attached hydrogen (secondary N) is 1. The summed E-state index contributed by atoms with van der Waals surface area (Å²) in [5, 5.41) is 5.87. The van der Waals surface area contributed by atoms with Crippen LogP contribution in [0.5, 0.6) is 0 Å². The van der Waals surface area contributed by atoms with Crippen molar-refractivity contribution in [3.05, 3.63) is 42.2 Å². The quantitative estimate of drug-likeness (QED) is 0.671. The van der Waals surface area contributed by atoms with Gasteiger partial charge in [0, 0.05) is 45.4 Å².